The molecule has 2 aromatic rings. The molecule has 0 unspecified atom stereocenters. The second-order valence-electron chi connectivity index (χ2n) is 2.90. The topological polar surface area (TPSA) is 30.7 Å². The highest BCUT2D eigenvalue weighted by Crippen LogP contribution is 2.29. The van der Waals surface area contributed by atoms with Crippen LogP contribution in [-0.2, 0) is 6.18 Å². The average molecular weight is 213 g/mol. The highest BCUT2D eigenvalue weighted by Gasteiger charge is 2.30. The molecule has 0 bridgehead atoms. The zero-order chi connectivity index (χ0) is 10.9. The Morgan fingerprint density at radius 2 is 2.00 bits per heavy atom. The van der Waals surface area contributed by atoms with Gasteiger partial charge in [-0.2, -0.15) is 13.2 Å². The minimum absolute atomic E-state index is 0.335. The van der Waals surface area contributed by atoms with Crippen LogP contribution in [0.5, 0.6) is 0 Å². The lowest BCUT2D eigenvalue weighted by atomic mass is 10.2. The predicted octanol–water partition coefficient (Wildman–Crippen LogP) is 2.29. The van der Waals surface area contributed by atoms with E-state index in [1.165, 1.54) is 29.2 Å². The molecule has 0 aliphatic carbocycles. The van der Waals surface area contributed by atoms with Gasteiger partial charge in [0.1, 0.15) is 0 Å². The summed E-state index contributed by atoms with van der Waals surface area (Å²) in [4.78, 5) is 0. The summed E-state index contributed by atoms with van der Waals surface area (Å²) in [6.07, 6.45) is -1.45. The normalized spacial score (nSPS) is 11.7. The van der Waals surface area contributed by atoms with Gasteiger partial charge in [-0.3, -0.25) is 0 Å². The molecule has 0 fully saturated rings. The number of alkyl halides is 3. The van der Waals surface area contributed by atoms with Gasteiger partial charge in [-0.25, -0.2) is 4.68 Å². The number of rotatable bonds is 1. The van der Waals surface area contributed by atoms with Crippen LogP contribution in [0.25, 0.3) is 5.69 Å². The fraction of sp³-hybridized carbons (Fsp3) is 0.111. The van der Waals surface area contributed by atoms with E-state index in [2.05, 4.69) is 10.3 Å². The Morgan fingerprint density at radius 1 is 1.20 bits per heavy atom. The van der Waals surface area contributed by atoms with Crippen molar-refractivity contribution in [2.24, 2.45) is 0 Å². The third-order valence-corrected chi connectivity index (χ3v) is 1.86. The van der Waals surface area contributed by atoms with Crippen molar-refractivity contribution in [2.75, 3.05) is 0 Å². The molecule has 2 rings (SSSR count). The fourth-order valence-electron chi connectivity index (χ4n) is 1.17. The van der Waals surface area contributed by atoms with Crippen molar-refractivity contribution >= 4 is 0 Å². The maximum Gasteiger partial charge on any atom is 0.416 e. The summed E-state index contributed by atoms with van der Waals surface area (Å²) < 4.78 is 38.4. The van der Waals surface area contributed by atoms with Crippen LogP contribution in [0.3, 0.4) is 0 Å². The highest BCUT2D eigenvalue weighted by molar-refractivity contribution is 5.35. The first-order valence-corrected chi connectivity index (χ1v) is 4.11. The smallest absolute Gasteiger partial charge is 0.221 e. The number of nitrogens with zero attached hydrogens (tertiary/aromatic N) is 3. The number of hydrogen-bond acceptors (Lipinski definition) is 2. The molecule has 1 aromatic carbocycles. The van der Waals surface area contributed by atoms with Gasteiger partial charge in [0.15, 0.2) is 0 Å². The molecular weight excluding hydrogens is 207 g/mol. The summed E-state index contributed by atoms with van der Waals surface area (Å²) in [5, 5.41) is 7.13. The van der Waals surface area contributed by atoms with E-state index in [1.54, 1.807) is 0 Å². The quantitative estimate of drug-likeness (QED) is 0.727. The van der Waals surface area contributed by atoms with Crippen LogP contribution >= 0.6 is 0 Å². The molecule has 6 heteroatoms. The van der Waals surface area contributed by atoms with E-state index in [0.717, 1.165) is 12.1 Å². The molecule has 0 saturated heterocycles. The fourth-order valence-corrected chi connectivity index (χ4v) is 1.17. The van der Waals surface area contributed by atoms with Crippen LogP contribution < -0.4 is 0 Å². The van der Waals surface area contributed by atoms with Crippen molar-refractivity contribution in [2.45, 2.75) is 6.18 Å². The maximum absolute atomic E-state index is 12.4. The van der Waals surface area contributed by atoms with Gasteiger partial charge in [0.2, 0.25) is 0 Å². The number of aromatic nitrogens is 3. The molecule has 1 aromatic heterocycles. The van der Waals surface area contributed by atoms with Gasteiger partial charge in [-0.15, -0.1) is 5.10 Å². The van der Waals surface area contributed by atoms with Gasteiger partial charge in [-0.05, 0) is 18.2 Å². The third-order valence-electron chi connectivity index (χ3n) is 1.86. The zero-order valence-electron chi connectivity index (χ0n) is 7.44. The van der Waals surface area contributed by atoms with Gasteiger partial charge in [0.05, 0.1) is 23.6 Å². The van der Waals surface area contributed by atoms with Gasteiger partial charge in [0.25, 0.3) is 0 Å². The minimum Gasteiger partial charge on any atom is -0.221 e. The van der Waals surface area contributed by atoms with Crippen LogP contribution in [0.2, 0.25) is 0 Å². The average Bonchev–Trinajstić information content (AvgIpc) is 2.69. The van der Waals surface area contributed by atoms with E-state index < -0.39 is 11.7 Å². The monoisotopic (exact) mass is 213 g/mol. The van der Waals surface area contributed by atoms with Gasteiger partial charge in [-0.1, -0.05) is 11.3 Å². The van der Waals surface area contributed by atoms with E-state index in [0.29, 0.717) is 5.69 Å². The summed E-state index contributed by atoms with van der Waals surface area (Å²) in [5.41, 5.74) is -0.363. The lowest BCUT2D eigenvalue weighted by Gasteiger charge is -2.07. The molecule has 15 heavy (non-hydrogen) atoms. The van der Waals surface area contributed by atoms with E-state index in [9.17, 15) is 13.2 Å². The van der Waals surface area contributed by atoms with Crippen LogP contribution in [0.4, 0.5) is 13.2 Å². The predicted molar refractivity (Wildman–Crippen MR) is 46.4 cm³/mol. The van der Waals surface area contributed by atoms with Crippen molar-refractivity contribution in [3.63, 3.8) is 0 Å². The Morgan fingerprint density at radius 3 is 2.60 bits per heavy atom. The molecule has 3 nitrogen and oxygen atoms in total. The Labute approximate surface area is 83.1 Å². The molecule has 0 aliphatic heterocycles. The van der Waals surface area contributed by atoms with E-state index in [4.69, 9.17) is 0 Å². The van der Waals surface area contributed by atoms with Crippen molar-refractivity contribution < 1.29 is 13.2 Å². The summed E-state index contributed by atoms with van der Waals surface area (Å²) >= 11 is 0. The molecular formula is C9H6F3N3. The Bertz CT molecular complexity index is 448. The molecule has 1 heterocycles. The Kier molecular flexibility index (Phi) is 2.18. The number of halogens is 3. The lowest BCUT2D eigenvalue weighted by molar-refractivity contribution is -0.137. The van der Waals surface area contributed by atoms with Gasteiger partial charge < -0.3 is 0 Å². The minimum atomic E-state index is -4.34. The van der Waals surface area contributed by atoms with Crippen LogP contribution in [-0.4, -0.2) is 15.0 Å². The van der Waals surface area contributed by atoms with E-state index >= 15 is 0 Å². The maximum atomic E-state index is 12.4. The molecule has 0 radical (unpaired) electrons. The first-order valence-electron chi connectivity index (χ1n) is 4.11. The van der Waals surface area contributed by atoms with Gasteiger partial charge in [0, 0.05) is 0 Å². The molecule has 0 amide bonds. The first-order chi connectivity index (χ1) is 7.07. The highest BCUT2D eigenvalue weighted by atomic mass is 19.4. The van der Waals surface area contributed by atoms with E-state index in [1.807, 2.05) is 0 Å². The lowest BCUT2D eigenvalue weighted by Crippen LogP contribution is -2.06. The number of hydrogen-bond donors (Lipinski definition) is 0. The standard InChI is InChI=1S/C9H6F3N3/c10-9(11,12)7-2-1-3-8(6-7)15-5-4-13-14-15/h1-6H. The summed E-state index contributed by atoms with van der Waals surface area (Å²) in [5.74, 6) is 0. The van der Waals surface area contributed by atoms with Crippen LogP contribution in [0.1, 0.15) is 5.56 Å². The second-order valence-corrected chi connectivity index (χ2v) is 2.90. The summed E-state index contributed by atoms with van der Waals surface area (Å²) in [6, 6.07) is 4.90. The Hall–Kier alpha value is -1.85. The number of benzene rings is 1. The van der Waals surface area contributed by atoms with Gasteiger partial charge >= 0.3 is 6.18 Å². The van der Waals surface area contributed by atoms with Crippen molar-refractivity contribution in [3.8, 4) is 5.69 Å². The van der Waals surface area contributed by atoms with Crippen molar-refractivity contribution in [3.05, 3.63) is 42.2 Å². The summed E-state index contributed by atoms with van der Waals surface area (Å²) in [7, 11) is 0. The van der Waals surface area contributed by atoms with Crippen molar-refractivity contribution in [1.82, 2.24) is 15.0 Å². The molecule has 0 spiro atoms. The van der Waals surface area contributed by atoms with Crippen molar-refractivity contribution in [1.29, 1.82) is 0 Å². The zero-order valence-corrected chi connectivity index (χ0v) is 7.44. The molecule has 0 atom stereocenters. The van der Waals surface area contributed by atoms with Crippen LogP contribution in [0.15, 0.2) is 36.7 Å². The van der Waals surface area contributed by atoms with E-state index in [-0.39, 0.29) is 0 Å². The molecule has 0 N–H and O–H groups in total. The molecule has 0 saturated carbocycles. The largest absolute Gasteiger partial charge is 0.416 e. The first kappa shape index (κ1) is 9.70. The Balaban J connectivity index is 2.44. The molecule has 0 aliphatic rings. The SMILES string of the molecule is FC(F)(F)c1cccc(-n2ccnn2)c1. The van der Waals surface area contributed by atoms with Crippen LogP contribution in [0, 0.1) is 0 Å². The second kappa shape index (κ2) is 3.38. The molecule has 78 valence electrons. The third kappa shape index (κ3) is 1.98. The summed E-state index contributed by atoms with van der Waals surface area (Å²) in [6.45, 7) is 0.